The zero-order valence-electron chi connectivity index (χ0n) is 19.5. The highest BCUT2D eigenvalue weighted by Gasteiger charge is 2.20. The van der Waals surface area contributed by atoms with Crippen molar-refractivity contribution in [1.29, 1.82) is 0 Å². The monoisotopic (exact) mass is 489 g/mol. The summed E-state index contributed by atoms with van der Waals surface area (Å²) in [7, 11) is 1.84. The lowest BCUT2D eigenvalue weighted by molar-refractivity contribution is -0.113. The van der Waals surface area contributed by atoms with Gasteiger partial charge in [0.1, 0.15) is 10.6 Å². The van der Waals surface area contributed by atoms with E-state index in [1.54, 1.807) is 13.8 Å². The Morgan fingerprint density at radius 2 is 1.88 bits per heavy atom. The Morgan fingerprint density at radius 3 is 2.55 bits per heavy atom. The fourth-order valence-corrected chi connectivity index (χ4v) is 4.78. The van der Waals surface area contributed by atoms with Crippen molar-refractivity contribution in [2.75, 3.05) is 17.7 Å². The topological polar surface area (TPSA) is 108 Å². The number of anilines is 1. The fraction of sp³-hybridized carbons (Fsp3) is 0.409. The number of thioether (sulfide) groups is 1. The highest BCUT2D eigenvalue weighted by Crippen LogP contribution is 2.26. The molecule has 1 atom stereocenters. The van der Waals surface area contributed by atoms with Crippen molar-refractivity contribution in [3.8, 4) is 5.75 Å². The van der Waals surface area contributed by atoms with E-state index in [-0.39, 0.29) is 24.4 Å². The third-order valence-electron chi connectivity index (χ3n) is 4.58. The van der Waals surface area contributed by atoms with E-state index in [0.717, 1.165) is 28.2 Å². The van der Waals surface area contributed by atoms with Crippen molar-refractivity contribution in [2.24, 2.45) is 7.05 Å². The van der Waals surface area contributed by atoms with Gasteiger partial charge >= 0.3 is 5.97 Å². The number of rotatable bonds is 9. The van der Waals surface area contributed by atoms with Crippen LogP contribution in [0.5, 0.6) is 5.75 Å². The van der Waals surface area contributed by atoms with Gasteiger partial charge in [-0.3, -0.25) is 4.79 Å². The first-order chi connectivity index (χ1) is 15.7. The number of aryl methyl sites for hydroxylation is 3. The van der Waals surface area contributed by atoms with E-state index in [2.05, 4.69) is 26.6 Å². The van der Waals surface area contributed by atoms with Gasteiger partial charge in [-0.05, 0) is 57.9 Å². The second-order valence-corrected chi connectivity index (χ2v) is 9.42. The van der Waals surface area contributed by atoms with E-state index in [1.807, 2.05) is 44.5 Å². The molecule has 0 aliphatic rings. The van der Waals surface area contributed by atoms with Crippen LogP contribution in [0.25, 0.3) is 0 Å². The molecule has 0 bridgehead atoms. The van der Waals surface area contributed by atoms with E-state index >= 15 is 0 Å². The smallest absolute Gasteiger partial charge is 0.350 e. The first-order valence-corrected chi connectivity index (χ1v) is 12.2. The van der Waals surface area contributed by atoms with Crippen molar-refractivity contribution in [1.82, 2.24) is 19.7 Å². The number of thiazole rings is 1. The van der Waals surface area contributed by atoms with Crippen molar-refractivity contribution in [2.45, 2.75) is 45.9 Å². The number of carbonyl (C=O) groups is 2. The highest BCUT2D eigenvalue weighted by molar-refractivity contribution is 7.99. The molecule has 2 aromatic heterocycles. The summed E-state index contributed by atoms with van der Waals surface area (Å²) in [6.45, 7) is 9.68. The van der Waals surface area contributed by atoms with Crippen LogP contribution in [0.4, 0.5) is 5.13 Å². The van der Waals surface area contributed by atoms with Crippen molar-refractivity contribution in [3.05, 3.63) is 45.7 Å². The molecule has 33 heavy (non-hydrogen) atoms. The Balaban J connectivity index is 1.58. The van der Waals surface area contributed by atoms with Gasteiger partial charge in [-0.15, -0.1) is 10.2 Å². The van der Waals surface area contributed by atoms with E-state index < -0.39 is 5.97 Å². The van der Waals surface area contributed by atoms with E-state index in [1.165, 1.54) is 11.8 Å². The van der Waals surface area contributed by atoms with Crippen LogP contribution >= 0.6 is 23.1 Å². The number of nitrogens with zero attached hydrogens (tertiary/aromatic N) is 4. The molecule has 11 heteroatoms. The number of nitrogens with one attached hydrogen (secondary N) is 1. The third kappa shape index (κ3) is 6.32. The van der Waals surface area contributed by atoms with E-state index in [9.17, 15) is 9.59 Å². The van der Waals surface area contributed by atoms with Crippen LogP contribution in [0.15, 0.2) is 23.4 Å². The number of benzene rings is 1. The van der Waals surface area contributed by atoms with Crippen LogP contribution < -0.4 is 10.1 Å². The Bertz CT molecular complexity index is 1140. The maximum atomic E-state index is 12.4. The molecule has 0 fully saturated rings. The standard InChI is InChI=1S/C22H27N5O4S2/c1-7-30-20(29)18-14(4)23-21(33-18)24-17(28)11-32-22-26-25-19(27(22)6)15(5)31-16-9-12(2)8-13(3)10-16/h8-10,15H,7,11H2,1-6H3,(H,23,24,28). The highest BCUT2D eigenvalue weighted by atomic mass is 32.2. The molecule has 0 saturated carbocycles. The predicted octanol–water partition coefficient (Wildman–Crippen LogP) is 4.24. The fourth-order valence-electron chi connectivity index (χ4n) is 3.19. The van der Waals surface area contributed by atoms with Crippen molar-refractivity contribution >= 4 is 40.1 Å². The number of esters is 1. The van der Waals surface area contributed by atoms with Crippen LogP contribution in [-0.4, -0.2) is 44.0 Å². The summed E-state index contributed by atoms with van der Waals surface area (Å²) in [6.07, 6.45) is -0.313. The summed E-state index contributed by atoms with van der Waals surface area (Å²) < 4.78 is 12.9. The Hall–Kier alpha value is -2.92. The van der Waals surface area contributed by atoms with Gasteiger partial charge in [0.15, 0.2) is 22.2 Å². The quantitative estimate of drug-likeness (QED) is 0.351. The van der Waals surface area contributed by atoms with Crippen LogP contribution in [0.3, 0.4) is 0 Å². The number of hydrogen-bond acceptors (Lipinski definition) is 9. The molecule has 0 saturated heterocycles. The number of amides is 1. The Kier molecular flexibility index (Phi) is 8.09. The molecule has 1 unspecified atom stereocenters. The molecule has 0 aliphatic heterocycles. The average Bonchev–Trinajstić information content (AvgIpc) is 3.27. The number of ether oxygens (including phenoxy) is 2. The molecule has 1 aromatic carbocycles. The van der Waals surface area contributed by atoms with E-state index in [4.69, 9.17) is 9.47 Å². The zero-order valence-corrected chi connectivity index (χ0v) is 21.1. The van der Waals surface area contributed by atoms with Crippen LogP contribution in [0.1, 0.15) is 52.3 Å². The van der Waals surface area contributed by atoms with Gasteiger partial charge in [-0.25, -0.2) is 9.78 Å². The minimum Gasteiger partial charge on any atom is -0.483 e. The minimum absolute atomic E-state index is 0.117. The molecule has 0 aliphatic carbocycles. The first-order valence-electron chi connectivity index (χ1n) is 10.4. The molecule has 3 aromatic rings. The summed E-state index contributed by atoms with van der Waals surface area (Å²) in [4.78, 5) is 28.9. The minimum atomic E-state index is -0.439. The summed E-state index contributed by atoms with van der Waals surface area (Å²) in [5, 5.41) is 12.1. The predicted molar refractivity (Wildman–Crippen MR) is 128 cm³/mol. The van der Waals surface area contributed by atoms with Crippen LogP contribution in [0.2, 0.25) is 0 Å². The van der Waals surface area contributed by atoms with Crippen molar-refractivity contribution < 1.29 is 19.1 Å². The van der Waals surface area contributed by atoms with Gasteiger partial charge in [0.05, 0.1) is 18.1 Å². The maximum absolute atomic E-state index is 12.4. The van der Waals surface area contributed by atoms with Crippen LogP contribution in [0, 0.1) is 20.8 Å². The normalized spacial score (nSPS) is 11.8. The molecule has 1 N–H and O–H groups in total. The molecular weight excluding hydrogens is 462 g/mol. The largest absolute Gasteiger partial charge is 0.483 e. The maximum Gasteiger partial charge on any atom is 0.350 e. The average molecular weight is 490 g/mol. The van der Waals surface area contributed by atoms with Gasteiger partial charge in [0, 0.05) is 7.05 Å². The molecule has 176 valence electrons. The molecule has 1 amide bonds. The van der Waals surface area contributed by atoms with E-state index in [0.29, 0.717) is 26.7 Å². The molecule has 9 nitrogen and oxygen atoms in total. The van der Waals surface area contributed by atoms with Gasteiger partial charge < -0.3 is 19.4 Å². The first kappa shape index (κ1) is 24.7. The molecule has 0 radical (unpaired) electrons. The number of hydrogen-bond donors (Lipinski definition) is 1. The molecule has 2 heterocycles. The third-order valence-corrected chi connectivity index (χ3v) is 6.65. The van der Waals surface area contributed by atoms with Crippen LogP contribution in [-0.2, 0) is 16.6 Å². The zero-order chi connectivity index (χ0) is 24.1. The second kappa shape index (κ2) is 10.8. The lowest BCUT2D eigenvalue weighted by Crippen LogP contribution is -2.14. The van der Waals surface area contributed by atoms with Gasteiger partial charge in [0.2, 0.25) is 5.91 Å². The van der Waals surface area contributed by atoms with Crippen molar-refractivity contribution in [3.63, 3.8) is 0 Å². The SMILES string of the molecule is CCOC(=O)c1sc(NC(=O)CSc2nnc(C(C)Oc3cc(C)cc(C)c3)n2C)nc1C. The lowest BCUT2D eigenvalue weighted by Gasteiger charge is -2.15. The number of carbonyl (C=O) groups excluding carboxylic acids is 2. The molecule has 3 rings (SSSR count). The number of aromatic nitrogens is 4. The summed E-state index contributed by atoms with van der Waals surface area (Å²) in [5.74, 6) is 0.856. The second-order valence-electron chi connectivity index (χ2n) is 7.47. The summed E-state index contributed by atoms with van der Waals surface area (Å²) >= 11 is 2.35. The summed E-state index contributed by atoms with van der Waals surface area (Å²) in [6, 6.07) is 6.05. The molecule has 0 spiro atoms. The van der Waals surface area contributed by atoms with Gasteiger partial charge in [-0.2, -0.15) is 0 Å². The lowest BCUT2D eigenvalue weighted by atomic mass is 10.1. The Morgan fingerprint density at radius 1 is 1.18 bits per heavy atom. The summed E-state index contributed by atoms with van der Waals surface area (Å²) in [5.41, 5.74) is 2.78. The Labute approximate surface area is 200 Å². The van der Waals surface area contributed by atoms with Gasteiger partial charge in [-0.1, -0.05) is 29.2 Å². The van der Waals surface area contributed by atoms with Gasteiger partial charge in [0.25, 0.3) is 0 Å². The molecular formula is C22H27N5O4S2.